The zero-order chi connectivity index (χ0) is 28.2. The molecule has 4 amide bonds. The minimum atomic E-state index is -5.20. The van der Waals surface area contributed by atoms with E-state index in [4.69, 9.17) is 11.6 Å². The van der Waals surface area contributed by atoms with E-state index in [-0.39, 0.29) is 13.1 Å². The Labute approximate surface area is 224 Å². The predicted molar refractivity (Wildman–Crippen MR) is 132 cm³/mol. The second-order valence-electron chi connectivity index (χ2n) is 8.37. The highest BCUT2D eigenvalue weighted by Crippen LogP contribution is 2.50. The number of carboxylic acid groups (broad SMARTS) is 1. The Kier molecular flexibility index (Phi) is 6.98. The summed E-state index contributed by atoms with van der Waals surface area (Å²) >= 11 is 6.63. The Bertz CT molecular complexity index is 1390. The SMILES string of the molecule is C=CC=NN1CCN([C@]2(C(=O)O)CN3C(=O)[C@@H](NC(=O)C(c4cc(O)c(O)cc4Cl)S(=O)(=O)O)[C@H]3S2)C1=O. The molecule has 4 rings (SSSR count). The molecule has 0 radical (unpaired) electrons. The van der Waals surface area contributed by atoms with Crippen molar-refractivity contribution in [2.75, 3.05) is 19.6 Å². The summed E-state index contributed by atoms with van der Waals surface area (Å²) in [7, 11) is -5.20. The average molecular weight is 590 g/mol. The van der Waals surface area contributed by atoms with Gasteiger partial charge in [-0.15, -0.1) is 0 Å². The van der Waals surface area contributed by atoms with Crippen molar-refractivity contribution in [3.8, 4) is 11.5 Å². The van der Waals surface area contributed by atoms with E-state index in [2.05, 4.69) is 17.0 Å². The summed E-state index contributed by atoms with van der Waals surface area (Å²) in [6.07, 6.45) is 2.59. The average Bonchev–Trinajstić information content (AvgIpc) is 3.38. The first-order valence-electron chi connectivity index (χ1n) is 10.7. The van der Waals surface area contributed by atoms with E-state index in [1.165, 1.54) is 12.3 Å². The molecule has 0 aliphatic carbocycles. The fraction of sp³-hybridized carbons (Fsp3) is 0.350. The zero-order valence-electron chi connectivity index (χ0n) is 19.1. The Hall–Kier alpha value is -3.54. The smallest absolute Gasteiger partial charge is 0.342 e. The van der Waals surface area contributed by atoms with Crippen molar-refractivity contribution in [1.82, 2.24) is 20.1 Å². The fourth-order valence-corrected chi connectivity index (χ4v) is 7.16. The van der Waals surface area contributed by atoms with Crippen molar-refractivity contribution in [2.45, 2.75) is 21.5 Å². The van der Waals surface area contributed by atoms with Crippen LogP contribution in [0.4, 0.5) is 4.79 Å². The lowest BCUT2D eigenvalue weighted by Crippen LogP contribution is -2.68. The molecule has 0 bridgehead atoms. The van der Waals surface area contributed by atoms with Crippen molar-refractivity contribution in [3.63, 3.8) is 0 Å². The highest BCUT2D eigenvalue weighted by atomic mass is 35.5. The first-order valence-corrected chi connectivity index (χ1v) is 13.4. The van der Waals surface area contributed by atoms with Gasteiger partial charge in [0.25, 0.3) is 10.1 Å². The van der Waals surface area contributed by atoms with Crippen LogP contribution in [0.25, 0.3) is 0 Å². The molecule has 3 aliphatic rings. The molecule has 0 aromatic heterocycles. The molecule has 0 spiro atoms. The Morgan fingerprint density at radius 3 is 2.53 bits per heavy atom. The number of aliphatic carboxylic acids is 1. The maximum absolute atomic E-state index is 13.0. The van der Waals surface area contributed by atoms with Gasteiger partial charge in [-0.1, -0.05) is 29.9 Å². The maximum atomic E-state index is 13.0. The molecule has 1 aromatic carbocycles. The number of phenolic OH excluding ortho intramolecular Hbond substituents is 2. The monoisotopic (exact) mass is 589 g/mol. The number of hydrogen-bond acceptors (Lipinski definition) is 10. The van der Waals surface area contributed by atoms with Crippen LogP contribution in [0.15, 0.2) is 29.9 Å². The van der Waals surface area contributed by atoms with E-state index in [1.807, 2.05) is 0 Å². The fourth-order valence-electron chi connectivity index (χ4n) is 4.34. The number of thioether (sulfide) groups is 1. The normalized spacial score (nSPS) is 25.9. The largest absolute Gasteiger partial charge is 0.504 e. The summed E-state index contributed by atoms with van der Waals surface area (Å²) < 4.78 is 33.9. The molecule has 38 heavy (non-hydrogen) atoms. The number of urea groups is 1. The lowest BCUT2D eigenvalue weighted by molar-refractivity contribution is -0.151. The van der Waals surface area contributed by atoms with Gasteiger partial charge in [0.1, 0.15) is 11.4 Å². The molecular weight excluding hydrogens is 570 g/mol. The van der Waals surface area contributed by atoms with Crippen LogP contribution in [0.2, 0.25) is 5.02 Å². The first-order chi connectivity index (χ1) is 17.7. The van der Waals surface area contributed by atoms with Crippen molar-refractivity contribution in [1.29, 1.82) is 0 Å². The number of carbonyl (C=O) groups is 4. The summed E-state index contributed by atoms with van der Waals surface area (Å²) in [6.45, 7) is 3.10. The number of carbonyl (C=O) groups excluding carboxylic acids is 3. The summed E-state index contributed by atoms with van der Waals surface area (Å²) in [6, 6.07) is -0.696. The van der Waals surface area contributed by atoms with Crippen LogP contribution >= 0.6 is 23.4 Å². The number of hydrogen-bond donors (Lipinski definition) is 5. The summed E-state index contributed by atoms with van der Waals surface area (Å²) in [4.78, 5) is 51.2. The third-order valence-corrected chi connectivity index (χ3v) is 9.19. The van der Waals surface area contributed by atoms with Gasteiger partial charge in [0.2, 0.25) is 16.7 Å². The van der Waals surface area contributed by atoms with Crippen molar-refractivity contribution >= 4 is 63.5 Å². The summed E-state index contributed by atoms with van der Waals surface area (Å²) in [5.41, 5.74) is -0.576. The molecule has 3 fully saturated rings. The van der Waals surface area contributed by atoms with Crippen molar-refractivity contribution < 1.29 is 47.5 Å². The van der Waals surface area contributed by atoms with Gasteiger partial charge in [-0.25, -0.2) is 14.6 Å². The third-order valence-electron chi connectivity index (χ3n) is 6.12. The van der Waals surface area contributed by atoms with E-state index in [9.17, 15) is 47.5 Å². The van der Waals surface area contributed by atoms with Gasteiger partial charge in [-0.2, -0.15) is 13.5 Å². The van der Waals surface area contributed by atoms with Gasteiger partial charge in [-0.05, 0) is 12.1 Å². The second-order valence-corrected chi connectivity index (χ2v) is 11.7. The van der Waals surface area contributed by atoms with Gasteiger partial charge >= 0.3 is 12.0 Å². The number of hydrazone groups is 1. The molecule has 1 aromatic rings. The quantitative estimate of drug-likeness (QED) is 0.115. The number of halogens is 1. The number of allylic oxidation sites excluding steroid dienone is 1. The van der Waals surface area contributed by atoms with Crippen LogP contribution in [0.5, 0.6) is 11.5 Å². The number of nitrogens with zero attached hydrogens (tertiary/aromatic N) is 4. The Balaban J connectivity index is 1.58. The molecule has 3 saturated heterocycles. The molecule has 4 atom stereocenters. The minimum Gasteiger partial charge on any atom is -0.504 e. The van der Waals surface area contributed by atoms with E-state index < -0.39 is 84.1 Å². The number of phenols is 2. The highest BCUT2D eigenvalue weighted by Gasteiger charge is 2.66. The molecule has 0 saturated carbocycles. The number of nitrogens with one attached hydrogen (secondary N) is 1. The van der Waals surface area contributed by atoms with Crippen LogP contribution in [-0.2, 0) is 24.5 Å². The van der Waals surface area contributed by atoms with Gasteiger partial charge in [-0.3, -0.25) is 19.0 Å². The van der Waals surface area contributed by atoms with E-state index >= 15 is 0 Å². The Morgan fingerprint density at radius 1 is 1.26 bits per heavy atom. The standard InChI is InChI=1S/C20H20ClN5O10S2/c1-2-3-22-26-5-4-25(19(26)33)20(18(31)32)8-24-16(30)13(17(24)37-20)23-15(29)14(38(34,35)36)9-6-11(27)12(28)7-10(9)21/h2-3,6-7,13-14,17,27-28H,1,4-5,8H2,(H,23,29)(H,31,32)(H,34,35,36)/t13-,14?,17-,20-/m1/s1. The second kappa shape index (κ2) is 9.64. The number of β-lactam (4-membered cyclic amide) rings is 1. The number of amides is 4. The van der Waals surface area contributed by atoms with Crippen molar-refractivity contribution in [3.05, 3.63) is 35.4 Å². The van der Waals surface area contributed by atoms with Crippen LogP contribution in [0.1, 0.15) is 10.8 Å². The van der Waals surface area contributed by atoms with Crippen LogP contribution < -0.4 is 5.32 Å². The van der Waals surface area contributed by atoms with E-state index in [0.29, 0.717) is 17.8 Å². The predicted octanol–water partition coefficient (Wildman–Crippen LogP) is -0.230. The number of fused-ring (bicyclic) bond motifs is 1. The topological polar surface area (TPSA) is 217 Å². The van der Waals surface area contributed by atoms with Crippen LogP contribution in [0.3, 0.4) is 0 Å². The first kappa shape index (κ1) is 27.5. The lowest BCUT2D eigenvalue weighted by Gasteiger charge is -2.41. The third kappa shape index (κ3) is 4.40. The summed E-state index contributed by atoms with van der Waals surface area (Å²) in [5.74, 6) is -5.10. The molecule has 1 unspecified atom stereocenters. The molecule has 3 aliphatic heterocycles. The zero-order valence-corrected chi connectivity index (χ0v) is 21.5. The molecule has 3 heterocycles. The number of rotatable bonds is 8. The molecule has 5 N–H and O–H groups in total. The summed E-state index contributed by atoms with van der Waals surface area (Å²) in [5, 5.41) is 32.6. The van der Waals surface area contributed by atoms with Gasteiger partial charge in [0.05, 0.1) is 13.1 Å². The molecule has 18 heteroatoms. The van der Waals surface area contributed by atoms with Gasteiger partial charge < -0.3 is 25.5 Å². The number of aromatic hydroxyl groups is 2. The lowest BCUT2D eigenvalue weighted by atomic mass is 10.0. The maximum Gasteiger partial charge on any atom is 0.342 e. The van der Waals surface area contributed by atoms with Gasteiger partial charge in [0, 0.05) is 29.4 Å². The van der Waals surface area contributed by atoms with Crippen molar-refractivity contribution in [2.24, 2.45) is 5.10 Å². The highest BCUT2D eigenvalue weighted by molar-refractivity contribution is 8.02. The van der Waals surface area contributed by atoms with E-state index in [1.54, 1.807) is 0 Å². The molecule has 204 valence electrons. The van der Waals surface area contributed by atoms with Gasteiger partial charge in [0.15, 0.2) is 16.7 Å². The molecular formula is C20H20ClN5O10S2. The molecule has 15 nitrogen and oxygen atoms in total. The Morgan fingerprint density at radius 2 is 1.92 bits per heavy atom. The van der Waals surface area contributed by atoms with Crippen LogP contribution in [-0.4, -0.2) is 109 Å². The van der Waals surface area contributed by atoms with E-state index in [0.717, 1.165) is 20.9 Å². The van der Waals surface area contributed by atoms with Crippen LogP contribution in [0, 0.1) is 0 Å². The number of benzene rings is 1. The number of carboxylic acids is 1. The minimum absolute atomic E-state index is 0.0218.